The third kappa shape index (κ3) is 4.91. The van der Waals surface area contributed by atoms with Crippen molar-refractivity contribution in [3.63, 3.8) is 0 Å². The van der Waals surface area contributed by atoms with Crippen LogP contribution in [0.4, 0.5) is 19.6 Å². The third-order valence-electron chi connectivity index (χ3n) is 7.01. The van der Waals surface area contributed by atoms with Gasteiger partial charge in [-0.3, -0.25) is 4.79 Å². The normalized spacial score (nSPS) is 13.9. The number of nitriles is 1. The molecule has 4 N–H and O–H groups in total. The number of aromatic nitrogens is 2. The number of allylic oxidation sites excluding steroid dienone is 1. The van der Waals surface area contributed by atoms with Crippen LogP contribution in [0.3, 0.4) is 0 Å². The number of amides is 1. The Balaban J connectivity index is 1.82. The second kappa shape index (κ2) is 11.3. The first-order valence-corrected chi connectivity index (χ1v) is 14.0. The first-order chi connectivity index (χ1) is 20.1. The summed E-state index contributed by atoms with van der Waals surface area (Å²) in [5.41, 5.74) is 7.41. The van der Waals surface area contributed by atoms with E-state index in [9.17, 15) is 14.4 Å². The number of carbonyl (C=O) groups is 1. The molecule has 1 aliphatic rings. The van der Waals surface area contributed by atoms with Crippen LogP contribution in [0.5, 0.6) is 0 Å². The zero-order chi connectivity index (χ0) is 30.3. The van der Waals surface area contributed by atoms with Gasteiger partial charge in [-0.2, -0.15) is 5.26 Å². The van der Waals surface area contributed by atoms with Crippen LogP contribution in [0.1, 0.15) is 18.2 Å². The fourth-order valence-electron chi connectivity index (χ4n) is 5.14. The molecule has 0 spiro atoms. The van der Waals surface area contributed by atoms with E-state index >= 15 is 4.39 Å². The van der Waals surface area contributed by atoms with Crippen molar-refractivity contribution in [1.82, 2.24) is 20.2 Å². The number of nitrogen functional groups attached to an aromatic ring is 1. The van der Waals surface area contributed by atoms with Crippen LogP contribution >= 0.6 is 22.9 Å². The Morgan fingerprint density at radius 3 is 2.60 bits per heavy atom. The lowest BCUT2D eigenvalue weighted by atomic mass is 9.97. The van der Waals surface area contributed by atoms with E-state index in [1.807, 2.05) is 4.90 Å². The second-order valence-electron chi connectivity index (χ2n) is 9.57. The van der Waals surface area contributed by atoms with Gasteiger partial charge in [0.2, 0.25) is 5.91 Å². The minimum absolute atomic E-state index is 0.0133. The van der Waals surface area contributed by atoms with E-state index in [0.29, 0.717) is 42.9 Å². The van der Waals surface area contributed by atoms with Gasteiger partial charge in [0.15, 0.2) is 10.9 Å². The Kier molecular flexibility index (Phi) is 7.81. The largest absolute Gasteiger partial charge is 0.386 e. The monoisotopic (exact) mass is 606 g/mol. The Hall–Kier alpha value is -4.60. The maximum Gasteiger partial charge on any atom is 0.246 e. The molecule has 1 saturated heterocycles. The van der Waals surface area contributed by atoms with E-state index in [-0.39, 0.29) is 59.9 Å². The summed E-state index contributed by atoms with van der Waals surface area (Å²) in [6.45, 7) is 6.54. The van der Waals surface area contributed by atoms with Crippen molar-refractivity contribution < 1.29 is 13.6 Å². The fraction of sp³-hybridized carbons (Fsp3) is 0.207. The van der Waals surface area contributed by atoms with Crippen LogP contribution in [0, 0.1) is 28.4 Å². The van der Waals surface area contributed by atoms with Crippen molar-refractivity contribution in [3.05, 3.63) is 64.8 Å². The Bertz CT molecular complexity index is 1870. The average Bonchev–Trinajstić information content (AvgIpc) is 3.38. The summed E-state index contributed by atoms with van der Waals surface area (Å²) in [5.74, 6) is -1.53. The highest BCUT2D eigenvalue weighted by Crippen LogP contribution is 2.44. The number of hydrogen-bond acceptors (Lipinski definition) is 9. The summed E-state index contributed by atoms with van der Waals surface area (Å²) in [5, 5.41) is 21.8. The number of thiazole rings is 1. The second-order valence-corrected chi connectivity index (χ2v) is 11.0. The molecule has 1 amide bonds. The molecule has 5 rings (SSSR count). The molecule has 9 nitrogen and oxygen atoms in total. The highest BCUT2D eigenvalue weighted by atomic mass is 35.5. The number of nitrogens with two attached hydrogens (primary N) is 1. The molecular formula is C29H25ClF2N8OS. The SMILES string of the molecule is C=CC(=O)N1CCN(c2c(C#N)c(/C(=C/C(C)=N)NC)nc3c(F)c(-c4ccc(F)c5sc(N)nc45)c(Cl)cc23)CC1. The molecule has 2 aromatic heterocycles. The van der Waals surface area contributed by atoms with E-state index < -0.39 is 11.6 Å². The quantitative estimate of drug-likeness (QED) is 0.199. The first kappa shape index (κ1) is 28.9. The van der Waals surface area contributed by atoms with Crippen LogP contribution in [0.25, 0.3) is 37.9 Å². The van der Waals surface area contributed by atoms with E-state index in [1.165, 1.54) is 24.3 Å². The van der Waals surface area contributed by atoms with Crippen molar-refractivity contribution in [2.75, 3.05) is 43.9 Å². The van der Waals surface area contributed by atoms with Crippen LogP contribution in [-0.2, 0) is 4.79 Å². The number of halogens is 3. The van der Waals surface area contributed by atoms with Crippen LogP contribution in [0.15, 0.2) is 36.9 Å². The molecule has 214 valence electrons. The van der Waals surface area contributed by atoms with Gasteiger partial charge in [-0.05, 0) is 37.3 Å². The molecule has 1 fully saturated rings. The van der Waals surface area contributed by atoms with Crippen molar-refractivity contribution in [1.29, 1.82) is 10.7 Å². The Labute approximate surface area is 249 Å². The summed E-state index contributed by atoms with van der Waals surface area (Å²) in [7, 11) is 1.62. The predicted octanol–water partition coefficient (Wildman–Crippen LogP) is 5.33. The lowest BCUT2D eigenvalue weighted by molar-refractivity contribution is -0.126. The van der Waals surface area contributed by atoms with Crippen molar-refractivity contribution in [2.45, 2.75) is 6.92 Å². The third-order valence-corrected chi connectivity index (χ3v) is 8.20. The van der Waals surface area contributed by atoms with Crippen LogP contribution in [-0.4, -0.2) is 59.7 Å². The number of nitrogens with zero attached hydrogens (tertiary/aromatic N) is 5. The van der Waals surface area contributed by atoms with Gasteiger partial charge in [-0.25, -0.2) is 18.7 Å². The van der Waals surface area contributed by atoms with Gasteiger partial charge in [0, 0.05) is 55.5 Å². The molecule has 3 heterocycles. The van der Waals surface area contributed by atoms with Gasteiger partial charge < -0.3 is 26.3 Å². The van der Waals surface area contributed by atoms with Crippen molar-refractivity contribution in [2.24, 2.45) is 0 Å². The maximum absolute atomic E-state index is 16.7. The van der Waals surface area contributed by atoms with E-state index in [0.717, 1.165) is 11.3 Å². The zero-order valence-corrected chi connectivity index (χ0v) is 24.3. The minimum Gasteiger partial charge on any atom is -0.386 e. The van der Waals surface area contributed by atoms with Crippen molar-refractivity contribution in [3.8, 4) is 17.2 Å². The number of anilines is 2. The van der Waals surface area contributed by atoms with Gasteiger partial charge in [0.1, 0.15) is 28.7 Å². The molecular weight excluding hydrogens is 582 g/mol. The zero-order valence-electron chi connectivity index (χ0n) is 22.7. The number of rotatable bonds is 6. The maximum atomic E-state index is 16.7. The number of benzene rings is 2. The van der Waals surface area contributed by atoms with E-state index in [2.05, 4.69) is 27.9 Å². The summed E-state index contributed by atoms with van der Waals surface area (Å²) in [6.07, 6.45) is 2.74. The standard InChI is InChI=1S/C29H25ClF2N8OS/c1-4-21(41)39-7-9-40(10-8-39)27-16-12-18(30)22(15-5-6-19(31)28-26(15)38-29(35)42-28)23(32)25(16)37-24(17(27)13-33)20(36-3)11-14(2)34/h4-6,11-12,34,36H,1,7-10H2,2-3H3,(H2,35,38)/b20-11-,34-14?. The summed E-state index contributed by atoms with van der Waals surface area (Å²) in [4.78, 5) is 24.6. The number of nitrogens with one attached hydrogen (secondary N) is 2. The topological polar surface area (TPSA) is 135 Å². The van der Waals surface area contributed by atoms with Crippen LogP contribution < -0.4 is 16.0 Å². The average molecular weight is 607 g/mol. The fourth-order valence-corrected chi connectivity index (χ4v) is 6.20. The van der Waals surface area contributed by atoms with Gasteiger partial charge in [0.05, 0.1) is 26.6 Å². The molecule has 0 aliphatic carbocycles. The van der Waals surface area contributed by atoms with Crippen LogP contribution in [0.2, 0.25) is 5.02 Å². The molecule has 4 aromatic rings. The Morgan fingerprint density at radius 2 is 1.98 bits per heavy atom. The molecule has 0 saturated carbocycles. The van der Waals surface area contributed by atoms with E-state index in [1.54, 1.807) is 24.9 Å². The number of carbonyl (C=O) groups excluding carboxylic acids is 1. The Morgan fingerprint density at radius 1 is 1.26 bits per heavy atom. The summed E-state index contributed by atoms with van der Waals surface area (Å²) >= 11 is 7.69. The summed E-state index contributed by atoms with van der Waals surface area (Å²) < 4.78 is 31.4. The molecule has 0 bridgehead atoms. The molecule has 0 atom stereocenters. The number of pyridine rings is 1. The van der Waals surface area contributed by atoms with E-state index in [4.69, 9.17) is 22.7 Å². The van der Waals surface area contributed by atoms with Gasteiger partial charge in [0.25, 0.3) is 0 Å². The molecule has 0 unspecified atom stereocenters. The smallest absolute Gasteiger partial charge is 0.246 e. The minimum atomic E-state index is -0.786. The highest BCUT2D eigenvalue weighted by Gasteiger charge is 2.29. The molecule has 42 heavy (non-hydrogen) atoms. The van der Waals surface area contributed by atoms with Crippen molar-refractivity contribution >= 4 is 72.2 Å². The first-order valence-electron chi connectivity index (χ1n) is 12.8. The number of piperazine rings is 1. The molecule has 1 aliphatic heterocycles. The number of fused-ring (bicyclic) bond motifs is 2. The molecule has 2 aromatic carbocycles. The predicted molar refractivity (Wildman–Crippen MR) is 164 cm³/mol. The molecule has 0 radical (unpaired) electrons. The number of hydrogen-bond donors (Lipinski definition) is 3. The summed E-state index contributed by atoms with van der Waals surface area (Å²) in [6, 6.07) is 6.36. The highest BCUT2D eigenvalue weighted by molar-refractivity contribution is 7.22. The van der Waals surface area contributed by atoms with Gasteiger partial charge in [-0.1, -0.05) is 29.5 Å². The van der Waals surface area contributed by atoms with Gasteiger partial charge in [-0.15, -0.1) is 0 Å². The lowest BCUT2D eigenvalue weighted by Crippen LogP contribution is -2.48. The lowest BCUT2D eigenvalue weighted by Gasteiger charge is -2.37. The molecule has 13 heteroatoms. The van der Waals surface area contributed by atoms with Gasteiger partial charge >= 0.3 is 0 Å².